The van der Waals surface area contributed by atoms with E-state index < -0.39 is 11.4 Å². The highest BCUT2D eigenvalue weighted by Crippen LogP contribution is 2.20. The van der Waals surface area contributed by atoms with Gasteiger partial charge < -0.3 is 15.8 Å². The van der Waals surface area contributed by atoms with Crippen LogP contribution in [0.2, 0.25) is 0 Å². The Labute approximate surface area is 105 Å². The second-order valence-corrected chi connectivity index (χ2v) is 4.56. The van der Waals surface area contributed by atoms with Crippen LogP contribution in [0.5, 0.6) is 0 Å². The van der Waals surface area contributed by atoms with Gasteiger partial charge in [-0.15, -0.1) is 0 Å². The number of amides is 1. The van der Waals surface area contributed by atoms with E-state index in [0.29, 0.717) is 38.2 Å². The van der Waals surface area contributed by atoms with E-state index in [2.05, 4.69) is 5.32 Å². The highest BCUT2D eigenvalue weighted by Gasteiger charge is 2.32. The first kappa shape index (κ1) is 13.0. The van der Waals surface area contributed by atoms with Crippen molar-refractivity contribution in [1.29, 1.82) is 0 Å². The Morgan fingerprint density at radius 2 is 2.17 bits per heavy atom. The van der Waals surface area contributed by atoms with E-state index in [-0.39, 0.29) is 5.91 Å². The number of nitrogens with one attached hydrogen (secondary N) is 1. The minimum absolute atomic E-state index is 0.290. The quantitative estimate of drug-likeness (QED) is 0.845. The first-order chi connectivity index (χ1) is 8.65. The zero-order chi connectivity index (χ0) is 13.0. The highest BCUT2D eigenvalue weighted by molar-refractivity contribution is 5.94. The summed E-state index contributed by atoms with van der Waals surface area (Å²) in [6.45, 7) is 1.53. The zero-order valence-electron chi connectivity index (χ0n) is 10.1. The Hall–Kier alpha value is -1.46. The Balaban J connectivity index is 2.10. The second-order valence-electron chi connectivity index (χ2n) is 4.56. The van der Waals surface area contributed by atoms with Crippen LogP contribution >= 0.6 is 0 Å². The Bertz CT molecular complexity index is 431. The Morgan fingerprint density at radius 3 is 2.78 bits per heavy atom. The largest absolute Gasteiger partial charge is 0.381 e. The fourth-order valence-corrected chi connectivity index (χ4v) is 2.09. The SMILES string of the molecule is NCC1(NC(=O)c2cccc(F)c2)CCOCC1. The van der Waals surface area contributed by atoms with Crippen LogP contribution in [0.4, 0.5) is 4.39 Å². The number of rotatable bonds is 3. The molecule has 98 valence electrons. The van der Waals surface area contributed by atoms with Gasteiger partial charge in [0.25, 0.3) is 5.91 Å². The molecule has 1 fully saturated rings. The number of benzene rings is 1. The molecule has 0 radical (unpaired) electrons. The molecule has 0 aliphatic carbocycles. The predicted octanol–water partition coefficient (Wildman–Crippen LogP) is 1.06. The van der Waals surface area contributed by atoms with Crippen molar-refractivity contribution < 1.29 is 13.9 Å². The van der Waals surface area contributed by atoms with Gasteiger partial charge in [-0.05, 0) is 31.0 Å². The van der Waals surface area contributed by atoms with Gasteiger partial charge in [0.15, 0.2) is 0 Å². The molecule has 0 aromatic heterocycles. The maximum Gasteiger partial charge on any atom is 0.251 e. The summed E-state index contributed by atoms with van der Waals surface area (Å²) < 4.78 is 18.3. The van der Waals surface area contributed by atoms with Gasteiger partial charge in [0.2, 0.25) is 0 Å². The molecule has 0 spiro atoms. The van der Waals surface area contributed by atoms with Crippen molar-refractivity contribution in [2.24, 2.45) is 5.73 Å². The molecule has 1 aliphatic rings. The van der Waals surface area contributed by atoms with Crippen LogP contribution < -0.4 is 11.1 Å². The lowest BCUT2D eigenvalue weighted by atomic mass is 9.89. The minimum atomic E-state index is -0.429. The molecule has 1 aromatic rings. The van der Waals surface area contributed by atoms with E-state index in [4.69, 9.17) is 10.5 Å². The van der Waals surface area contributed by atoms with E-state index in [0.717, 1.165) is 0 Å². The van der Waals surface area contributed by atoms with Crippen LogP contribution in [0.25, 0.3) is 0 Å². The zero-order valence-corrected chi connectivity index (χ0v) is 10.1. The molecule has 0 saturated carbocycles. The summed E-state index contributed by atoms with van der Waals surface area (Å²) in [5.74, 6) is -0.710. The average molecular weight is 252 g/mol. The number of ether oxygens (including phenoxy) is 1. The fourth-order valence-electron chi connectivity index (χ4n) is 2.09. The van der Waals surface area contributed by atoms with Crippen LogP contribution in [-0.4, -0.2) is 31.2 Å². The molecule has 18 heavy (non-hydrogen) atoms. The van der Waals surface area contributed by atoms with Gasteiger partial charge in [-0.2, -0.15) is 0 Å². The number of hydrogen-bond acceptors (Lipinski definition) is 3. The molecule has 1 amide bonds. The van der Waals surface area contributed by atoms with Gasteiger partial charge in [0.1, 0.15) is 5.82 Å². The molecule has 1 aliphatic heterocycles. The molecule has 1 saturated heterocycles. The number of carbonyl (C=O) groups is 1. The van der Waals surface area contributed by atoms with Crippen molar-refractivity contribution >= 4 is 5.91 Å². The van der Waals surface area contributed by atoms with Crippen molar-refractivity contribution in [3.8, 4) is 0 Å². The average Bonchev–Trinajstić information content (AvgIpc) is 2.40. The monoisotopic (exact) mass is 252 g/mol. The molecule has 4 nitrogen and oxygen atoms in total. The standard InChI is InChI=1S/C13H17FN2O2/c14-11-3-1-2-10(8-11)12(17)16-13(9-15)4-6-18-7-5-13/h1-3,8H,4-7,9,15H2,(H,16,17). The number of halogens is 1. The minimum Gasteiger partial charge on any atom is -0.381 e. The molecule has 0 atom stereocenters. The van der Waals surface area contributed by atoms with Crippen molar-refractivity contribution in [3.63, 3.8) is 0 Å². The van der Waals surface area contributed by atoms with Crippen LogP contribution in [0.3, 0.4) is 0 Å². The van der Waals surface area contributed by atoms with Crippen LogP contribution in [0, 0.1) is 5.82 Å². The summed E-state index contributed by atoms with van der Waals surface area (Å²) in [5, 5.41) is 2.91. The molecule has 1 aromatic carbocycles. The van der Waals surface area contributed by atoms with Crippen molar-refractivity contribution in [3.05, 3.63) is 35.6 Å². The van der Waals surface area contributed by atoms with Gasteiger partial charge in [-0.25, -0.2) is 4.39 Å². The topological polar surface area (TPSA) is 64.3 Å². The van der Waals surface area contributed by atoms with Gasteiger partial charge in [0, 0.05) is 25.3 Å². The lowest BCUT2D eigenvalue weighted by molar-refractivity contribution is 0.0388. The van der Waals surface area contributed by atoms with E-state index in [1.807, 2.05) is 0 Å². The van der Waals surface area contributed by atoms with Gasteiger partial charge in [-0.3, -0.25) is 4.79 Å². The highest BCUT2D eigenvalue weighted by atomic mass is 19.1. The van der Waals surface area contributed by atoms with Gasteiger partial charge >= 0.3 is 0 Å². The maximum absolute atomic E-state index is 13.1. The molecule has 3 N–H and O–H groups in total. The van der Waals surface area contributed by atoms with Crippen LogP contribution in [0.1, 0.15) is 23.2 Å². The normalized spacial score (nSPS) is 18.3. The Morgan fingerprint density at radius 1 is 1.44 bits per heavy atom. The van der Waals surface area contributed by atoms with Gasteiger partial charge in [-0.1, -0.05) is 6.07 Å². The van der Waals surface area contributed by atoms with E-state index in [9.17, 15) is 9.18 Å². The lowest BCUT2D eigenvalue weighted by Gasteiger charge is -2.36. The van der Waals surface area contributed by atoms with Crippen molar-refractivity contribution in [2.45, 2.75) is 18.4 Å². The third-order valence-corrected chi connectivity index (χ3v) is 3.31. The summed E-state index contributed by atoms with van der Waals surface area (Å²) in [7, 11) is 0. The molecule has 2 rings (SSSR count). The second kappa shape index (κ2) is 5.46. The van der Waals surface area contributed by atoms with E-state index in [1.165, 1.54) is 18.2 Å². The molecule has 1 heterocycles. The summed E-state index contributed by atoms with van der Waals surface area (Å²) in [5.41, 5.74) is 5.64. The third kappa shape index (κ3) is 2.86. The number of carbonyl (C=O) groups excluding carboxylic acids is 1. The Kier molecular flexibility index (Phi) is 3.93. The summed E-state index contributed by atoms with van der Waals surface area (Å²) >= 11 is 0. The smallest absolute Gasteiger partial charge is 0.251 e. The van der Waals surface area contributed by atoms with Crippen LogP contribution in [-0.2, 0) is 4.74 Å². The van der Waals surface area contributed by atoms with Crippen molar-refractivity contribution in [2.75, 3.05) is 19.8 Å². The van der Waals surface area contributed by atoms with E-state index in [1.54, 1.807) is 6.07 Å². The molecular formula is C13H17FN2O2. The summed E-state index contributed by atoms with van der Waals surface area (Å²) in [6, 6.07) is 5.63. The first-order valence-corrected chi connectivity index (χ1v) is 6.01. The van der Waals surface area contributed by atoms with Crippen molar-refractivity contribution in [1.82, 2.24) is 5.32 Å². The number of hydrogen-bond donors (Lipinski definition) is 2. The molecule has 5 heteroatoms. The van der Waals surface area contributed by atoms with Crippen LogP contribution in [0.15, 0.2) is 24.3 Å². The molecule has 0 bridgehead atoms. The summed E-state index contributed by atoms with van der Waals surface area (Å²) in [6.07, 6.45) is 1.37. The van der Waals surface area contributed by atoms with E-state index >= 15 is 0 Å². The van der Waals surface area contributed by atoms with Gasteiger partial charge in [0.05, 0.1) is 5.54 Å². The fraction of sp³-hybridized carbons (Fsp3) is 0.462. The third-order valence-electron chi connectivity index (χ3n) is 3.31. The predicted molar refractivity (Wildman–Crippen MR) is 65.7 cm³/mol. The lowest BCUT2D eigenvalue weighted by Crippen LogP contribution is -2.56. The number of nitrogens with two attached hydrogens (primary N) is 1. The molecular weight excluding hydrogens is 235 g/mol. The summed E-state index contributed by atoms with van der Waals surface area (Å²) in [4.78, 5) is 12.1. The first-order valence-electron chi connectivity index (χ1n) is 6.01. The maximum atomic E-state index is 13.1. The molecule has 0 unspecified atom stereocenters.